The average molecular weight is 333 g/mol. The Balaban J connectivity index is 2.06. The highest BCUT2D eigenvalue weighted by molar-refractivity contribution is 7.89. The van der Waals surface area contributed by atoms with Crippen LogP contribution >= 0.6 is 0 Å². The summed E-state index contributed by atoms with van der Waals surface area (Å²) in [6.07, 6.45) is 0. The molecular weight excluding hydrogens is 314 g/mol. The summed E-state index contributed by atoms with van der Waals surface area (Å²) in [6.45, 7) is 1.77. The van der Waals surface area contributed by atoms with E-state index < -0.39 is 10.0 Å². The Bertz CT molecular complexity index is 769. The first-order valence-corrected chi connectivity index (χ1v) is 8.57. The number of nitrogens with one attached hydrogen (secondary N) is 2. The van der Waals surface area contributed by atoms with Crippen molar-refractivity contribution >= 4 is 21.6 Å². The Labute approximate surface area is 135 Å². The predicted molar refractivity (Wildman–Crippen MR) is 90.2 cm³/mol. The highest BCUT2D eigenvalue weighted by Crippen LogP contribution is 2.22. The lowest BCUT2D eigenvalue weighted by molar-refractivity contribution is -0.118. The molecule has 0 spiro atoms. The molecule has 2 rings (SSSR count). The summed E-state index contributed by atoms with van der Waals surface area (Å²) in [7, 11) is -3.59. The molecule has 0 fully saturated rings. The number of carbonyl (C=O) groups excluding carboxylic acids is 1. The van der Waals surface area contributed by atoms with Crippen LogP contribution in [-0.2, 0) is 14.8 Å². The molecule has 23 heavy (non-hydrogen) atoms. The van der Waals surface area contributed by atoms with Crippen molar-refractivity contribution in [2.75, 3.05) is 18.8 Å². The van der Waals surface area contributed by atoms with Crippen molar-refractivity contribution in [2.24, 2.45) is 0 Å². The van der Waals surface area contributed by atoms with Crippen LogP contribution in [0.25, 0.3) is 11.1 Å². The molecular formula is C16H19N3O3S. The van der Waals surface area contributed by atoms with Crippen molar-refractivity contribution in [1.82, 2.24) is 10.0 Å². The van der Waals surface area contributed by atoms with Crippen LogP contribution in [0.4, 0.5) is 5.69 Å². The van der Waals surface area contributed by atoms with E-state index in [-0.39, 0.29) is 23.9 Å². The summed E-state index contributed by atoms with van der Waals surface area (Å²) < 4.78 is 26.7. The monoisotopic (exact) mass is 333 g/mol. The van der Waals surface area contributed by atoms with E-state index in [2.05, 4.69) is 10.0 Å². The minimum Gasteiger partial charge on any atom is -0.399 e. The molecule has 0 aliphatic carbocycles. The summed E-state index contributed by atoms with van der Waals surface area (Å²) in [5.74, 6) is -0.197. The van der Waals surface area contributed by atoms with Gasteiger partial charge >= 0.3 is 0 Å². The Morgan fingerprint density at radius 2 is 1.48 bits per heavy atom. The molecule has 0 radical (unpaired) electrons. The molecule has 4 N–H and O–H groups in total. The van der Waals surface area contributed by atoms with Crippen LogP contribution in [0.1, 0.15) is 6.92 Å². The minimum absolute atomic E-state index is 0.141. The number of benzene rings is 2. The van der Waals surface area contributed by atoms with Gasteiger partial charge in [0, 0.05) is 25.7 Å². The zero-order chi connectivity index (χ0) is 16.9. The largest absolute Gasteiger partial charge is 0.399 e. The molecule has 0 atom stereocenters. The fraction of sp³-hybridized carbons (Fsp3) is 0.188. The molecule has 0 unspecified atom stereocenters. The fourth-order valence-corrected chi connectivity index (χ4v) is 3.04. The number of hydrogen-bond donors (Lipinski definition) is 3. The number of hydrogen-bond acceptors (Lipinski definition) is 4. The Morgan fingerprint density at radius 3 is 2.00 bits per heavy atom. The van der Waals surface area contributed by atoms with Crippen molar-refractivity contribution in [3.8, 4) is 11.1 Å². The molecule has 0 aromatic heterocycles. The molecule has 0 saturated heterocycles. The molecule has 0 saturated carbocycles. The van der Waals surface area contributed by atoms with Crippen LogP contribution in [0.5, 0.6) is 0 Å². The molecule has 0 heterocycles. The third-order valence-electron chi connectivity index (χ3n) is 3.20. The Hall–Kier alpha value is -2.38. The van der Waals surface area contributed by atoms with E-state index >= 15 is 0 Å². The van der Waals surface area contributed by atoms with Gasteiger partial charge in [-0.3, -0.25) is 4.79 Å². The number of nitrogens with two attached hydrogens (primary N) is 1. The predicted octanol–water partition coefficient (Wildman–Crippen LogP) is 1.35. The number of sulfonamides is 1. The molecule has 0 bridgehead atoms. The number of nitrogen functional groups attached to an aromatic ring is 1. The van der Waals surface area contributed by atoms with E-state index in [9.17, 15) is 13.2 Å². The van der Waals surface area contributed by atoms with E-state index in [1.54, 1.807) is 36.4 Å². The summed E-state index contributed by atoms with van der Waals surface area (Å²) in [4.78, 5) is 10.9. The second-order valence-corrected chi connectivity index (χ2v) is 6.79. The van der Waals surface area contributed by atoms with Gasteiger partial charge in [0.05, 0.1) is 4.90 Å². The van der Waals surface area contributed by atoms with Gasteiger partial charge in [0.15, 0.2) is 0 Å². The third-order valence-corrected chi connectivity index (χ3v) is 4.68. The van der Waals surface area contributed by atoms with Gasteiger partial charge in [0.1, 0.15) is 0 Å². The van der Waals surface area contributed by atoms with Crippen molar-refractivity contribution in [3.63, 3.8) is 0 Å². The summed E-state index contributed by atoms with van der Waals surface area (Å²) in [5.41, 5.74) is 8.19. The topological polar surface area (TPSA) is 101 Å². The van der Waals surface area contributed by atoms with E-state index in [0.717, 1.165) is 11.1 Å². The van der Waals surface area contributed by atoms with Crippen LogP contribution in [0.3, 0.4) is 0 Å². The van der Waals surface area contributed by atoms with Gasteiger partial charge in [-0.2, -0.15) is 0 Å². The minimum atomic E-state index is -3.59. The first-order valence-electron chi connectivity index (χ1n) is 7.08. The maximum absolute atomic E-state index is 12.1. The van der Waals surface area contributed by atoms with Crippen molar-refractivity contribution in [1.29, 1.82) is 0 Å². The third kappa shape index (κ3) is 4.80. The lowest BCUT2D eigenvalue weighted by Gasteiger charge is -2.08. The smallest absolute Gasteiger partial charge is 0.240 e. The fourth-order valence-electron chi connectivity index (χ4n) is 2.01. The van der Waals surface area contributed by atoms with E-state index in [0.29, 0.717) is 5.69 Å². The standard InChI is InChI=1S/C16H19N3O3S/c1-12(20)18-10-11-19-23(21,22)16-8-4-14(5-9-16)13-2-6-15(17)7-3-13/h2-9,19H,10-11,17H2,1H3,(H,18,20). The maximum atomic E-state index is 12.1. The van der Waals surface area contributed by atoms with Crippen molar-refractivity contribution < 1.29 is 13.2 Å². The summed E-state index contributed by atoms with van der Waals surface area (Å²) in [5, 5.41) is 2.53. The molecule has 1 amide bonds. The van der Waals surface area contributed by atoms with Gasteiger partial charge < -0.3 is 11.1 Å². The van der Waals surface area contributed by atoms with Crippen LogP contribution < -0.4 is 15.8 Å². The maximum Gasteiger partial charge on any atom is 0.240 e. The van der Waals surface area contributed by atoms with E-state index in [1.165, 1.54) is 6.92 Å². The normalized spacial score (nSPS) is 11.2. The average Bonchev–Trinajstić information content (AvgIpc) is 2.52. The lowest BCUT2D eigenvalue weighted by Crippen LogP contribution is -2.33. The number of anilines is 1. The van der Waals surface area contributed by atoms with Gasteiger partial charge in [-0.1, -0.05) is 24.3 Å². The number of rotatable bonds is 6. The summed E-state index contributed by atoms with van der Waals surface area (Å²) >= 11 is 0. The van der Waals surface area contributed by atoms with Crippen LogP contribution in [0.2, 0.25) is 0 Å². The highest BCUT2D eigenvalue weighted by Gasteiger charge is 2.13. The van der Waals surface area contributed by atoms with Gasteiger partial charge in [-0.15, -0.1) is 0 Å². The Kier molecular flexibility index (Phi) is 5.36. The number of amides is 1. The van der Waals surface area contributed by atoms with Crippen LogP contribution in [0.15, 0.2) is 53.4 Å². The second kappa shape index (κ2) is 7.26. The quantitative estimate of drug-likeness (QED) is 0.548. The Morgan fingerprint density at radius 1 is 0.957 bits per heavy atom. The molecule has 122 valence electrons. The van der Waals surface area contributed by atoms with Gasteiger partial charge in [0.25, 0.3) is 0 Å². The van der Waals surface area contributed by atoms with Crippen LogP contribution in [0, 0.1) is 0 Å². The molecule has 0 aliphatic rings. The zero-order valence-corrected chi connectivity index (χ0v) is 13.6. The molecule has 2 aromatic rings. The van der Waals surface area contributed by atoms with Crippen molar-refractivity contribution in [3.05, 3.63) is 48.5 Å². The second-order valence-electron chi connectivity index (χ2n) is 5.03. The zero-order valence-electron chi connectivity index (χ0n) is 12.7. The van der Waals surface area contributed by atoms with Gasteiger partial charge in [0.2, 0.25) is 15.9 Å². The van der Waals surface area contributed by atoms with Crippen molar-refractivity contribution in [2.45, 2.75) is 11.8 Å². The highest BCUT2D eigenvalue weighted by atomic mass is 32.2. The summed E-state index contributed by atoms with van der Waals surface area (Å²) in [6, 6.07) is 13.9. The molecule has 2 aromatic carbocycles. The molecule has 0 aliphatic heterocycles. The molecule has 6 nitrogen and oxygen atoms in total. The SMILES string of the molecule is CC(=O)NCCNS(=O)(=O)c1ccc(-c2ccc(N)cc2)cc1. The first kappa shape index (κ1) is 17.0. The molecule has 7 heteroatoms. The van der Waals surface area contributed by atoms with Crippen LogP contribution in [-0.4, -0.2) is 27.4 Å². The van der Waals surface area contributed by atoms with Gasteiger partial charge in [-0.05, 0) is 35.4 Å². The number of carbonyl (C=O) groups is 1. The van der Waals surface area contributed by atoms with E-state index in [1.807, 2.05) is 12.1 Å². The lowest BCUT2D eigenvalue weighted by atomic mass is 10.1. The first-order chi connectivity index (χ1) is 10.9. The van der Waals surface area contributed by atoms with Gasteiger partial charge in [-0.25, -0.2) is 13.1 Å². The van der Waals surface area contributed by atoms with E-state index in [4.69, 9.17) is 5.73 Å².